The molecular weight excluding hydrogens is 487 g/mol. The van der Waals surface area contributed by atoms with Gasteiger partial charge in [-0.2, -0.15) is 0 Å². The van der Waals surface area contributed by atoms with Crippen LogP contribution in [0.3, 0.4) is 0 Å². The van der Waals surface area contributed by atoms with Gasteiger partial charge in [-0.1, -0.05) is 66.5 Å². The van der Waals surface area contributed by atoms with E-state index in [1.54, 1.807) is 30.0 Å². The molecule has 4 rings (SSSR count). The summed E-state index contributed by atoms with van der Waals surface area (Å²) in [5.74, 6) is -0.880. The van der Waals surface area contributed by atoms with Crippen LogP contribution >= 0.6 is 23.2 Å². The lowest BCUT2D eigenvalue weighted by Crippen LogP contribution is -2.53. The first-order chi connectivity index (χ1) is 16.6. The number of aryl methyl sites for hydroxylation is 1. The SMILES string of the molecule is CC[C@@H](c1cc(C)no1)N1C(=O)[C@](C)(CC(=O)O)C[C@H](c2cccc(Cl)c2)[C@H]1c1ccc(Cl)cc1. The number of carbonyl (C=O) groups excluding carboxylic acids is 1. The van der Waals surface area contributed by atoms with E-state index in [4.69, 9.17) is 27.7 Å². The molecule has 8 heteroatoms. The lowest BCUT2D eigenvalue weighted by Gasteiger charge is -2.51. The Labute approximate surface area is 214 Å². The number of rotatable bonds is 7. The number of hydrogen-bond acceptors (Lipinski definition) is 4. The van der Waals surface area contributed by atoms with Crippen LogP contribution in [0.2, 0.25) is 10.0 Å². The van der Waals surface area contributed by atoms with Crippen LogP contribution in [0.1, 0.15) is 73.7 Å². The first kappa shape index (κ1) is 25.3. The normalized spacial score (nSPS) is 23.3. The van der Waals surface area contributed by atoms with Crippen molar-refractivity contribution in [2.24, 2.45) is 5.41 Å². The summed E-state index contributed by atoms with van der Waals surface area (Å²) >= 11 is 12.6. The third-order valence-electron chi connectivity index (χ3n) is 6.83. The molecule has 1 N–H and O–H groups in total. The Hall–Kier alpha value is -2.83. The molecule has 1 aliphatic rings. The van der Waals surface area contributed by atoms with E-state index in [1.165, 1.54) is 0 Å². The van der Waals surface area contributed by atoms with E-state index in [9.17, 15) is 14.7 Å². The number of halogens is 2. The van der Waals surface area contributed by atoms with Crippen molar-refractivity contribution in [1.29, 1.82) is 0 Å². The van der Waals surface area contributed by atoms with Gasteiger partial charge in [-0.15, -0.1) is 0 Å². The molecule has 35 heavy (non-hydrogen) atoms. The Kier molecular flexibility index (Phi) is 7.25. The highest BCUT2D eigenvalue weighted by molar-refractivity contribution is 6.30. The Bertz CT molecular complexity index is 1230. The van der Waals surface area contributed by atoms with Gasteiger partial charge >= 0.3 is 5.97 Å². The number of carboxylic acids is 1. The number of nitrogens with zero attached hydrogens (tertiary/aromatic N) is 2. The van der Waals surface area contributed by atoms with Crippen molar-refractivity contribution >= 4 is 35.1 Å². The third kappa shape index (κ3) is 5.09. The molecular formula is C27H28Cl2N2O4. The number of benzene rings is 2. The minimum absolute atomic E-state index is 0.213. The minimum atomic E-state index is -1.12. The molecule has 184 valence electrons. The Morgan fingerprint density at radius 1 is 1.17 bits per heavy atom. The fourth-order valence-corrected chi connectivity index (χ4v) is 5.62. The van der Waals surface area contributed by atoms with Gasteiger partial charge in [0.15, 0.2) is 5.76 Å². The van der Waals surface area contributed by atoms with E-state index in [0.717, 1.165) is 11.1 Å². The Balaban J connectivity index is 1.95. The van der Waals surface area contributed by atoms with Gasteiger partial charge in [-0.05, 0) is 55.2 Å². The smallest absolute Gasteiger partial charge is 0.304 e. The van der Waals surface area contributed by atoms with Crippen molar-refractivity contribution in [2.75, 3.05) is 0 Å². The fourth-order valence-electron chi connectivity index (χ4n) is 5.30. The Morgan fingerprint density at radius 2 is 1.89 bits per heavy atom. The van der Waals surface area contributed by atoms with Crippen LogP contribution in [0.15, 0.2) is 59.1 Å². The van der Waals surface area contributed by atoms with Crippen molar-refractivity contribution in [3.05, 3.63) is 87.2 Å². The molecule has 0 spiro atoms. The molecule has 0 saturated carbocycles. The molecule has 6 nitrogen and oxygen atoms in total. The molecule has 0 radical (unpaired) electrons. The van der Waals surface area contributed by atoms with Gasteiger partial charge < -0.3 is 14.5 Å². The quantitative estimate of drug-likeness (QED) is 0.367. The molecule has 2 aromatic carbocycles. The van der Waals surface area contributed by atoms with Crippen LogP contribution in [0.5, 0.6) is 0 Å². The van der Waals surface area contributed by atoms with E-state index in [1.807, 2.05) is 50.2 Å². The maximum atomic E-state index is 14.2. The third-order valence-corrected chi connectivity index (χ3v) is 7.32. The van der Waals surface area contributed by atoms with Gasteiger partial charge in [0.05, 0.1) is 29.6 Å². The largest absolute Gasteiger partial charge is 0.481 e. The fraction of sp³-hybridized carbons (Fsp3) is 0.370. The van der Waals surface area contributed by atoms with E-state index in [2.05, 4.69) is 5.16 Å². The molecule has 4 atom stereocenters. The number of amides is 1. The summed E-state index contributed by atoms with van der Waals surface area (Å²) in [4.78, 5) is 27.9. The molecule has 1 aliphatic heterocycles. The number of carboxylic acid groups (broad SMARTS) is 1. The number of carbonyl (C=O) groups is 2. The van der Waals surface area contributed by atoms with Gasteiger partial charge in [-0.25, -0.2) is 0 Å². The second-order valence-corrected chi connectivity index (χ2v) is 10.4. The summed E-state index contributed by atoms with van der Waals surface area (Å²) in [5.41, 5.74) is 1.44. The summed E-state index contributed by atoms with van der Waals surface area (Å²) in [6.07, 6.45) is 0.641. The van der Waals surface area contributed by atoms with Crippen LogP contribution in [-0.4, -0.2) is 27.0 Å². The molecule has 1 saturated heterocycles. The van der Waals surface area contributed by atoms with Gasteiger partial charge in [0.25, 0.3) is 0 Å². The van der Waals surface area contributed by atoms with Gasteiger partial charge in [0.2, 0.25) is 5.91 Å². The van der Waals surface area contributed by atoms with Crippen molar-refractivity contribution < 1.29 is 19.2 Å². The molecule has 1 amide bonds. The first-order valence-electron chi connectivity index (χ1n) is 11.6. The molecule has 0 unspecified atom stereocenters. The van der Waals surface area contributed by atoms with E-state index >= 15 is 0 Å². The summed E-state index contributed by atoms with van der Waals surface area (Å²) in [5, 5.41) is 15.0. The molecule has 1 fully saturated rings. The van der Waals surface area contributed by atoms with Crippen LogP contribution in [0.4, 0.5) is 0 Å². The first-order valence-corrected chi connectivity index (χ1v) is 12.4. The number of likely N-dealkylation sites (tertiary alicyclic amines) is 1. The number of piperidine rings is 1. The highest BCUT2D eigenvalue weighted by atomic mass is 35.5. The minimum Gasteiger partial charge on any atom is -0.481 e. The van der Waals surface area contributed by atoms with Gasteiger partial charge in [0.1, 0.15) is 0 Å². The molecule has 0 bridgehead atoms. The summed E-state index contributed by atoms with van der Waals surface area (Å²) in [6, 6.07) is 16.0. The zero-order valence-corrected chi connectivity index (χ0v) is 21.4. The summed E-state index contributed by atoms with van der Waals surface area (Å²) in [6.45, 7) is 5.55. The van der Waals surface area contributed by atoms with E-state index in [-0.39, 0.29) is 18.2 Å². The molecule has 1 aromatic heterocycles. The second kappa shape index (κ2) is 10.0. The summed E-state index contributed by atoms with van der Waals surface area (Å²) in [7, 11) is 0. The lowest BCUT2D eigenvalue weighted by molar-refractivity contribution is -0.161. The Morgan fingerprint density at radius 3 is 2.46 bits per heavy atom. The van der Waals surface area contributed by atoms with Crippen LogP contribution in [-0.2, 0) is 9.59 Å². The topological polar surface area (TPSA) is 83.6 Å². The number of hydrogen-bond donors (Lipinski definition) is 1. The standard InChI is InChI=1S/C27H28Cl2N2O4/c1-4-22(23-12-16(2)30-35-23)31-25(17-8-10-19(28)11-9-17)21(18-6-5-7-20(29)13-18)14-27(3,26(31)34)15-24(32)33/h5-13,21-22,25H,4,14-15H2,1-3H3,(H,32,33)/t21-,22+,25-,27+/m1/s1. The average Bonchev–Trinajstić information content (AvgIpc) is 3.23. The van der Waals surface area contributed by atoms with Gasteiger partial charge in [-0.3, -0.25) is 9.59 Å². The average molecular weight is 515 g/mol. The molecule has 2 heterocycles. The number of aliphatic carboxylic acids is 1. The zero-order chi connectivity index (χ0) is 25.3. The van der Waals surface area contributed by atoms with Crippen molar-refractivity contribution in [2.45, 2.75) is 58.0 Å². The predicted octanol–water partition coefficient (Wildman–Crippen LogP) is 6.98. The second-order valence-electron chi connectivity index (χ2n) is 9.50. The van der Waals surface area contributed by atoms with Gasteiger partial charge in [0, 0.05) is 22.0 Å². The molecule has 3 aromatic rings. The summed E-state index contributed by atoms with van der Waals surface area (Å²) < 4.78 is 5.63. The van der Waals surface area contributed by atoms with Crippen molar-refractivity contribution in [1.82, 2.24) is 10.1 Å². The molecule has 0 aliphatic carbocycles. The van der Waals surface area contributed by atoms with Crippen LogP contribution in [0.25, 0.3) is 0 Å². The van der Waals surface area contributed by atoms with E-state index < -0.39 is 23.5 Å². The van der Waals surface area contributed by atoms with Crippen LogP contribution in [0, 0.1) is 12.3 Å². The lowest BCUT2D eigenvalue weighted by atomic mass is 9.67. The maximum absolute atomic E-state index is 14.2. The maximum Gasteiger partial charge on any atom is 0.304 e. The predicted molar refractivity (Wildman–Crippen MR) is 134 cm³/mol. The van der Waals surface area contributed by atoms with Crippen LogP contribution < -0.4 is 0 Å². The highest BCUT2D eigenvalue weighted by Crippen LogP contribution is 2.54. The monoisotopic (exact) mass is 514 g/mol. The van der Waals surface area contributed by atoms with Crippen molar-refractivity contribution in [3.63, 3.8) is 0 Å². The van der Waals surface area contributed by atoms with Crippen molar-refractivity contribution in [3.8, 4) is 0 Å². The zero-order valence-electron chi connectivity index (χ0n) is 19.9. The van der Waals surface area contributed by atoms with E-state index in [0.29, 0.717) is 34.3 Å². The highest BCUT2D eigenvalue weighted by Gasteiger charge is 2.53. The number of aromatic nitrogens is 1.